The first-order valence-electron chi connectivity index (χ1n) is 10.1. The van der Waals surface area contributed by atoms with Crippen LogP contribution < -0.4 is 14.5 Å². The van der Waals surface area contributed by atoms with Gasteiger partial charge < -0.3 is 9.64 Å². The van der Waals surface area contributed by atoms with Crippen LogP contribution in [-0.4, -0.2) is 25.2 Å². The molecular formula is C25H21N3O2S2. The number of amidine groups is 1. The molecule has 32 heavy (non-hydrogen) atoms. The van der Waals surface area contributed by atoms with Crippen molar-refractivity contribution in [2.45, 2.75) is 11.8 Å². The summed E-state index contributed by atoms with van der Waals surface area (Å²) in [6.07, 6.45) is 0. The molecule has 0 N–H and O–H groups in total. The molecule has 0 unspecified atom stereocenters. The first-order chi connectivity index (χ1) is 15.5. The third-order valence-electron chi connectivity index (χ3n) is 5.27. The van der Waals surface area contributed by atoms with E-state index in [0.717, 1.165) is 38.3 Å². The standard InChI is InChI=1S/C25H21N3O2S2/c1-16-7-6-8-18(15-16)28-23(29)22(24-27(2)20-9-4-5-10-21(20)31-24)32-25(28)26-17-11-13-19(30-3)14-12-17/h4-15H,1-3H3. The lowest BCUT2D eigenvalue weighted by atomic mass is 10.2. The largest absolute Gasteiger partial charge is 0.497 e. The molecule has 2 aliphatic rings. The van der Waals surface area contributed by atoms with Crippen LogP contribution in [0.15, 0.2) is 92.6 Å². The van der Waals surface area contributed by atoms with Crippen LogP contribution >= 0.6 is 23.5 Å². The Morgan fingerprint density at radius 2 is 1.72 bits per heavy atom. The van der Waals surface area contributed by atoms with Crippen molar-refractivity contribution >= 4 is 51.7 Å². The monoisotopic (exact) mass is 459 g/mol. The number of nitrogens with zero attached hydrogens (tertiary/aromatic N) is 3. The van der Waals surface area contributed by atoms with Gasteiger partial charge in [-0.05, 0) is 72.8 Å². The van der Waals surface area contributed by atoms with Crippen LogP contribution in [0.2, 0.25) is 0 Å². The number of methoxy groups -OCH3 is 1. The highest BCUT2D eigenvalue weighted by molar-refractivity contribution is 8.20. The fourth-order valence-electron chi connectivity index (χ4n) is 3.64. The Kier molecular flexibility index (Phi) is 5.45. The molecule has 0 spiro atoms. The number of benzene rings is 3. The molecule has 0 bridgehead atoms. The van der Waals surface area contributed by atoms with Crippen LogP contribution in [0.4, 0.5) is 17.1 Å². The van der Waals surface area contributed by atoms with Crippen LogP contribution in [0.5, 0.6) is 5.75 Å². The number of fused-ring (bicyclic) bond motifs is 1. The summed E-state index contributed by atoms with van der Waals surface area (Å²) in [7, 11) is 3.64. The molecule has 3 aromatic carbocycles. The summed E-state index contributed by atoms with van der Waals surface area (Å²) in [5, 5.41) is 1.57. The van der Waals surface area contributed by atoms with Gasteiger partial charge in [-0.3, -0.25) is 9.69 Å². The number of aryl methyl sites for hydroxylation is 1. The van der Waals surface area contributed by atoms with Gasteiger partial charge in [0, 0.05) is 11.9 Å². The number of hydrogen-bond donors (Lipinski definition) is 0. The maximum Gasteiger partial charge on any atom is 0.274 e. The average Bonchev–Trinajstić information content (AvgIpc) is 3.30. The minimum Gasteiger partial charge on any atom is -0.497 e. The van der Waals surface area contributed by atoms with Gasteiger partial charge in [0.15, 0.2) is 5.17 Å². The molecule has 0 aromatic heterocycles. The van der Waals surface area contributed by atoms with E-state index < -0.39 is 0 Å². The van der Waals surface area contributed by atoms with Crippen molar-refractivity contribution < 1.29 is 9.53 Å². The van der Waals surface area contributed by atoms with Crippen LogP contribution in [0.1, 0.15) is 5.56 Å². The molecule has 1 saturated heterocycles. The number of carbonyl (C=O) groups is 1. The van der Waals surface area contributed by atoms with E-state index in [4.69, 9.17) is 9.73 Å². The van der Waals surface area contributed by atoms with Gasteiger partial charge in [0.25, 0.3) is 5.91 Å². The summed E-state index contributed by atoms with van der Waals surface area (Å²) < 4.78 is 5.25. The second-order valence-electron chi connectivity index (χ2n) is 7.44. The second-order valence-corrected chi connectivity index (χ2v) is 9.45. The first-order valence-corrected chi connectivity index (χ1v) is 11.7. The van der Waals surface area contributed by atoms with E-state index in [1.807, 2.05) is 74.6 Å². The number of ether oxygens (including phenoxy) is 1. The molecule has 1 fully saturated rings. The van der Waals surface area contributed by atoms with Crippen molar-refractivity contribution in [2.75, 3.05) is 24.0 Å². The van der Waals surface area contributed by atoms with Gasteiger partial charge >= 0.3 is 0 Å². The normalized spacial score (nSPS) is 19.1. The van der Waals surface area contributed by atoms with Gasteiger partial charge in [0.1, 0.15) is 10.7 Å². The molecule has 160 valence electrons. The van der Waals surface area contributed by atoms with E-state index >= 15 is 0 Å². The Labute approximate surface area is 195 Å². The summed E-state index contributed by atoms with van der Waals surface area (Å²) in [4.78, 5) is 24.2. The summed E-state index contributed by atoms with van der Waals surface area (Å²) in [5.74, 6) is 0.708. The smallest absolute Gasteiger partial charge is 0.274 e. The predicted molar refractivity (Wildman–Crippen MR) is 134 cm³/mol. The summed E-state index contributed by atoms with van der Waals surface area (Å²) in [5.41, 5.74) is 3.77. The van der Waals surface area contributed by atoms with Gasteiger partial charge in [0.05, 0.1) is 29.2 Å². The molecule has 1 amide bonds. The molecule has 0 saturated carbocycles. The van der Waals surface area contributed by atoms with Crippen molar-refractivity contribution in [1.29, 1.82) is 0 Å². The Bertz CT molecular complexity index is 1270. The molecule has 2 heterocycles. The number of anilines is 2. The number of hydrogen-bond acceptors (Lipinski definition) is 6. The van der Waals surface area contributed by atoms with Crippen molar-refractivity contribution in [1.82, 2.24) is 0 Å². The average molecular weight is 460 g/mol. The van der Waals surface area contributed by atoms with Gasteiger partial charge in [-0.2, -0.15) is 0 Å². The number of para-hydroxylation sites is 1. The third kappa shape index (κ3) is 3.67. The van der Waals surface area contributed by atoms with E-state index in [9.17, 15) is 4.79 Å². The SMILES string of the molecule is COc1ccc(N=C2SC(=C3Sc4ccccc4N3C)C(=O)N2c2cccc(C)c2)cc1. The molecular weight excluding hydrogens is 438 g/mol. The maximum atomic E-state index is 13.7. The number of carbonyl (C=O) groups excluding carboxylic acids is 1. The fraction of sp³-hybridized carbons (Fsp3) is 0.120. The van der Waals surface area contributed by atoms with Crippen LogP contribution in [0, 0.1) is 6.92 Å². The van der Waals surface area contributed by atoms with Gasteiger partial charge in [-0.1, -0.05) is 36.0 Å². The maximum absolute atomic E-state index is 13.7. The quantitative estimate of drug-likeness (QED) is 0.438. The second kappa shape index (κ2) is 8.41. The minimum atomic E-state index is -0.0602. The molecule has 0 aliphatic carbocycles. The van der Waals surface area contributed by atoms with E-state index in [2.05, 4.69) is 17.0 Å². The van der Waals surface area contributed by atoms with E-state index in [0.29, 0.717) is 10.1 Å². The minimum absolute atomic E-state index is 0.0602. The van der Waals surface area contributed by atoms with E-state index in [-0.39, 0.29) is 5.91 Å². The molecule has 0 atom stereocenters. The van der Waals surface area contributed by atoms with Gasteiger partial charge in [-0.25, -0.2) is 4.99 Å². The highest BCUT2D eigenvalue weighted by Crippen LogP contribution is 2.50. The van der Waals surface area contributed by atoms with E-state index in [1.165, 1.54) is 11.8 Å². The predicted octanol–water partition coefficient (Wildman–Crippen LogP) is 6.18. The highest BCUT2D eigenvalue weighted by Gasteiger charge is 2.40. The lowest BCUT2D eigenvalue weighted by Crippen LogP contribution is -2.29. The molecule has 5 nitrogen and oxygen atoms in total. The fourth-order valence-corrected chi connectivity index (χ4v) is 5.99. The molecule has 0 radical (unpaired) electrons. The summed E-state index contributed by atoms with van der Waals surface area (Å²) in [6.45, 7) is 2.02. The topological polar surface area (TPSA) is 45.1 Å². The van der Waals surface area contributed by atoms with Gasteiger partial charge in [-0.15, -0.1) is 0 Å². The number of thioether (sulfide) groups is 2. The Hall–Kier alpha value is -3.16. The lowest BCUT2D eigenvalue weighted by molar-refractivity contribution is -0.113. The highest BCUT2D eigenvalue weighted by atomic mass is 32.2. The molecule has 7 heteroatoms. The molecule has 3 aromatic rings. The zero-order chi connectivity index (χ0) is 22.2. The third-order valence-corrected chi connectivity index (χ3v) is 7.67. The van der Waals surface area contributed by atoms with Crippen molar-refractivity contribution in [3.05, 3.63) is 88.3 Å². The number of aliphatic imine (C=N–C) groups is 1. The Balaban J connectivity index is 1.60. The zero-order valence-electron chi connectivity index (χ0n) is 17.9. The number of amides is 1. The number of rotatable bonds is 3. The van der Waals surface area contributed by atoms with Crippen molar-refractivity contribution in [3.8, 4) is 5.75 Å². The zero-order valence-corrected chi connectivity index (χ0v) is 19.5. The summed E-state index contributed by atoms with van der Waals surface area (Å²) in [6, 6.07) is 23.7. The summed E-state index contributed by atoms with van der Waals surface area (Å²) >= 11 is 3.04. The first kappa shape index (κ1) is 20.7. The Morgan fingerprint density at radius 1 is 0.938 bits per heavy atom. The van der Waals surface area contributed by atoms with Crippen molar-refractivity contribution in [3.63, 3.8) is 0 Å². The van der Waals surface area contributed by atoms with Crippen LogP contribution in [0.3, 0.4) is 0 Å². The van der Waals surface area contributed by atoms with Crippen molar-refractivity contribution in [2.24, 2.45) is 4.99 Å². The molecule has 5 rings (SSSR count). The Morgan fingerprint density at radius 3 is 2.44 bits per heavy atom. The van der Waals surface area contributed by atoms with Crippen LogP contribution in [-0.2, 0) is 4.79 Å². The van der Waals surface area contributed by atoms with Crippen LogP contribution in [0.25, 0.3) is 0 Å². The van der Waals surface area contributed by atoms with E-state index in [1.54, 1.807) is 23.8 Å². The lowest BCUT2D eigenvalue weighted by Gasteiger charge is -2.17. The van der Waals surface area contributed by atoms with Gasteiger partial charge in [0.2, 0.25) is 0 Å². The molecule has 2 aliphatic heterocycles.